The van der Waals surface area contributed by atoms with Crippen molar-refractivity contribution in [2.24, 2.45) is 0 Å². The van der Waals surface area contributed by atoms with Gasteiger partial charge < -0.3 is 9.47 Å². The molecule has 1 aliphatic heterocycles. The molecule has 0 spiro atoms. The number of nitrogens with zero attached hydrogens (tertiary/aromatic N) is 2. The summed E-state index contributed by atoms with van der Waals surface area (Å²) in [6.07, 6.45) is 1.04. The first kappa shape index (κ1) is 19.8. The third-order valence-corrected chi connectivity index (χ3v) is 6.34. The molecule has 0 fully saturated rings. The van der Waals surface area contributed by atoms with Crippen LogP contribution in [-0.2, 0) is 13.0 Å². The number of pyridine rings is 1. The van der Waals surface area contributed by atoms with Crippen molar-refractivity contribution in [2.75, 3.05) is 26.8 Å². The van der Waals surface area contributed by atoms with Gasteiger partial charge in [0.15, 0.2) is 11.5 Å². The van der Waals surface area contributed by atoms with Crippen LogP contribution < -0.4 is 9.47 Å². The third kappa shape index (κ3) is 3.41. The van der Waals surface area contributed by atoms with E-state index in [0.717, 1.165) is 54.3 Å². The Morgan fingerprint density at radius 1 is 0.968 bits per heavy atom. The maximum atomic E-state index is 5.86. The van der Waals surface area contributed by atoms with Gasteiger partial charge in [-0.2, -0.15) is 0 Å². The van der Waals surface area contributed by atoms with Crippen LogP contribution in [0.15, 0.2) is 54.6 Å². The van der Waals surface area contributed by atoms with E-state index in [0.29, 0.717) is 6.61 Å². The van der Waals surface area contributed by atoms with Crippen molar-refractivity contribution in [2.45, 2.75) is 26.8 Å². The number of aromatic nitrogens is 1. The van der Waals surface area contributed by atoms with Crippen molar-refractivity contribution in [3.63, 3.8) is 0 Å². The molecule has 4 nitrogen and oxygen atoms in total. The average Bonchev–Trinajstić information content (AvgIpc) is 2.83. The molecular weight excluding hydrogens is 384 g/mol. The van der Waals surface area contributed by atoms with E-state index in [1.54, 1.807) is 7.11 Å². The summed E-state index contributed by atoms with van der Waals surface area (Å²) in [5.41, 5.74) is 5.97. The molecule has 4 aromatic rings. The highest BCUT2D eigenvalue weighted by Crippen LogP contribution is 2.39. The van der Waals surface area contributed by atoms with Crippen LogP contribution in [-0.4, -0.2) is 36.7 Å². The molecule has 1 aliphatic rings. The van der Waals surface area contributed by atoms with Crippen LogP contribution >= 0.6 is 0 Å². The molecule has 0 N–H and O–H groups in total. The summed E-state index contributed by atoms with van der Waals surface area (Å²) in [6, 6.07) is 19.2. The zero-order chi connectivity index (χ0) is 21.4. The second-order valence-corrected chi connectivity index (χ2v) is 8.02. The van der Waals surface area contributed by atoms with Crippen LogP contribution in [0, 0.1) is 0 Å². The number of benzene rings is 3. The van der Waals surface area contributed by atoms with Gasteiger partial charge in [0, 0.05) is 24.0 Å². The van der Waals surface area contributed by atoms with Crippen molar-refractivity contribution >= 4 is 21.7 Å². The second-order valence-electron chi connectivity index (χ2n) is 8.02. The molecule has 0 unspecified atom stereocenters. The molecule has 2 heterocycles. The lowest BCUT2D eigenvalue weighted by Crippen LogP contribution is -2.31. The summed E-state index contributed by atoms with van der Waals surface area (Å²) in [4.78, 5) is 7.71. The zero-order valence-electron chi connectivity index (χ0n) is 18.4. The molecule has 0 saturated heterocycles. The smallest absolute Gasteiger partial charge is 0.161 e. The van der Waals surface area contributed by atoms with Gasteiger partial charge in [0.2, 0.25) is 0 Å². The fourth-order valence-corrected chi connectivity index (χ4v) is 4.77. The van der Waals surface area contributed by atoms with Gasteiger partial charge in [-0.05, 0) is 66.1 Å². The Balaban J connectivity index is 1.79. The van der Waals surface area contributed by atoms with Crippen LogP contribution in [0.4, 0.5) is 0 Å². The quantitative estimate of drug-likeness (QED) is 0.386. The molecule has 3 aromatic carbocycles. The highest BCUT2D eigenvalue weighted by molar-refractivity contribution is 6.09. The Labute approximate surface area is 183 Å². The van der Waals surface area contributed by atoms with Crippen LogP contribution in [0.1, 0.15) is 25.0 Å². The standard InChI is InChI=1S/C27H28N2O2/c1-4-29-15-14-21-22(17-29)27(19-11-13-24(30-3)25(16-19)31-5-2)28-23-12-10-18-8-6-7-9-20(18)26(21)23/h6-13,16H,4-5,14-15,17H2,1-3H3. The van der Waals surface area contributed by atoms with E-state index in [-0.39, 0.29) is 0 Å². The Morgan fingerprint density at radius 2 is 1.84 bits per heavy atom. The molecule has 0 aliphatic carbocycles. The molecule has 0 saturated carbocycles. The highest BCUT2D eigenvalue weighted by atomic mass is 16.5. The van der Waals surface area contributed by atoms with Gasteiger partial charge in [0.05, 0.1) is 24.9 Å². The van der Waals surface area contributed by atoms with Crippen molar-refractivity contribution in [1.82, 2.24) is 9.88 Å². The molecule has 0 bridgehead atoms. The Kier molecular flexibility index (Phi) is 5.24. The lowest BCUT2D eigenvalue weighted by Gasteiger charge is -2.30. The first-order valence-corrected chi connectivity index (χ1v) is 11.1. The first-order valence-electron chi connectivity index (χ1n) is 11.1. The Morgan fingerprint density at radius 3 is 2.65 bits per heavy atom. The van der Waals surface area contributed by atoms with Crippen molar-refractivity contribution in [1.29, 1.82) is 0 Å². The van der Waals surface area contributed by atoms with Crippen LogP contribution in [0.3, 0.4) is 0 Å². The second kappa shape index (κ2) is 8.20. The van der Waals surface area contributed by atoms with Gasteiger partial charge in [-0.15, -0.1) is 0 Å². The number of likely N-dealkylation sites (N-methyl/N-ethyl adjacent to an activating group) is 1. The van der Waals surface area contributed by atoms with Crippen molar-refractivity contribution < 1.29 is 9.47 Å². The molecule has 5 rings (SSSR count). The van der Waals surface area contributed by atoms with Gasteiger partial charge >= 0.3 is 0 Å². The molecule has 4 heteroatoms. The normalized spacial score (nSPS) is 14.0. The maximum absolute atomic E-state index is 5.86. The van der Waals surface area contributed by atoms with E-state index in [9.17, 15) is 0 Å². The number of methoxy groups -OCH3 is 1. The minimum atomic E-state index is 0.596. The van der Waals surface area contributed by atoms with Crippen LogP contribution in [0.25, 0.3) is 32.9 Å². The molecule has 158 valence electrons. The largest absolute Gasteiger partial charge is 0.493 e. The molecule has 31 heavy (non-hydrogen) atoms. The fraction of sp³-hybridized carbons (Fsp3) is 0.296. The van der Waals surface area contributed by atoms with Crippen molar-refractivity contribution in [3.05, 3.63) is 65.7 Å². The lowest BCUT2D eigenvalue weighted by atomic mass is 9.89. The Hall–Kier alpha value is -3.11. The number of hydrogen-bond acceptors (Lipinski definition) is 4. The lowest BCUT2D eigenvalue weighted by molar-refractivity contribution is 0.269. The van der Waals surface area contributed by atoms with Gasteiger partial charge in [0.1, 0.15) is 0 Å². The number of fused-ring (bicyclic) bond motifs is 5. The van der Waals surface area contributed by atoms with E-state index in [2.05, 4.69) is 60.4 Å². The Bertz CT molecular complexity index is 1270. The number of ether oxygens (including phenoxy) is 2. The summed E-state index contributed by atoms with van der Waals surface area (Å²) in [5, 5.41) is 3.88. The molecule has 0 atom stereocenters. The van der Waals surface area contributed by atoms with Crippen LogP contribution in [0.2, 0.25) is 0 Å². The van der Waals surface area contributed by atoms with Crippen LogP contribution in [0.5, 0.6) is 11.5 Å². The van der Waals surface area contributed by atoms with Crippen molar-refractivity contribution in [3.8, 4) is 22.8 Å². The fourth-order valence-electron chi connectivity index (χ4n) is 4.77. The summed E-state index contributed by atoms with van der Waals surface area (Å²) in [6.45, 7) is 7.86. The first-order chi connectivity index (χ1) is 15.2. The highest BCUT2D eigenvalue weighted by Gasteiger charge is 2.24. The number of rotatable bonds is 5. The number of hydrogen-bond donors (Lipinski definition) is 0. The third-order valence-electron chi connectivity index (χ3n) is 6.34. The van der Waals surface area contributed by atoms with Gasteiger partial charge in [0.25, 0.3) is 0 Å². The topological polar surface area (TPSA) is 34.6 Å². The van der Waals surface area contributed by atoms with E-state index in [4.69, 9.17) is 14.5 Å². The zero-order valence-corrected chi connectivity index (χ0v) is 18.4. The summed E-state index contributed by atoms with van der Waals surface area (Å²) in [5.74, 6) is 1.52. The monoisotopic (exact) mass is 412 g/mol. The van der Waals surface area contributed by atoms with E-state index < -0.39 is 0 Å². The van der Waals surface area contributed by atoms with E-state index in [1.165, 1.54) is 27.3 Å². The average molecular weight is 413 g/mol. The minimum Gasteiger partial charge on any atom is -0.493 e. The molecular formula is C27H28N2O2. The molecule has 1 aromatic heterocycles. The maximum Gasteiger partial charge on any atom is 0.161 e. The van der Waals surface area contributed by atoms with Gasteiger partial charge in [-0.1, -0.05) is 37.3 Å². The summed E-state index contributed by atoms with van der Waals surface area (Å²) < 4.78 is 11.4. The summed E-state index contributed by atoms with van der Waals surface area (Å²) in [7, 11) is 1.68. The summed E-state index contributed by atoms with van der Waals surface area (Å²) >= 11 is 0. The predicted octanol–water partition coefficient (Wildman–Crippen LogP) is 5.84. The van der Waals surface area contributed by atoms with Gasteiger partial charge in [-0.25, -0.2) is 4.98 Å². The van der Waals surface area contributed by atoms with Gasteiger partial charge in [-0.3, -0.25) is 4.90 Å². The van der Waals surface area contributed by atoms with E-state index in [1.807, 2.05) is 13.0 Å². The minimum absolute atomic E-state index is 0.596. The predicted molar refractivity (Wildman–Crippen MR) is 127 cm³/mol. The molecule has 0 radical (unpaired) electrons. The van der Waals surface area contributed by atoms with E-state index >= 15 is 0 Å². The molecule has 0 amide bonds. The SMILES string of the molecule is CCOc1cc(-c2nc3ccc4ccccc4c3c3c2CN(CC)CC3)ccc1OC.